The third-order valence-electron chi connectivity index (χ3n) is 3.88. The molecule has 0 spiro atoms. The molecule has 3 nitrogen and oxygen atoms in total. The first kappa shape index (κ1) is 13.3. The highest BCUT2D eigenvalue weighted by Gasteiger charge is 2.22. The number of hydrogen-bond donors (Lipinski definition) is 1. The molecule has 0 bridgehead atoms. The minimum absolute atomic E-state index is 0.549. The monoisotopic (exact) mass is 267 g/mol. The SMILES string of the molecule is c1ccc(CC2CNCCN2Cc2ccccn2)cc1. The summed E-state index contributed by atoms with van der Waals surface area (Å²) < 4.78 is 0. The topological polar surface area (TPSA) is 28.2 Å². The van der Waals surface area contributed by atoms with E-state index >= 15 is 0 Å². The van der Waals surface area contributed by atoms with Crippen LogP contribution in [0.4, 0.5) is 0 Å². The van der Waals surface area contributed by atoms with E-state index in [1.807, 2.05) is 12.3 Å². The molecule has 0 aliphatic carbocycles. The Labute approximate surface area is 120 Å². The van der Waals surface area contributed by atoms with Crippen molar-refractivity contribution < 1.29 is 0 Å². The van der Waals surface area contributed by atoms with E-state index in [-0.39, 0.29) is 0 Å². The standard InChI is InChI=1S/C17H21N3/c1-2-6-15(7-3-1)12-17-13-18-10-11-20(17)14-16-8-4-5-9-19-16/h1-9,17-18H,10-14H2. The summed E-state index contributed by atoms with van der Waals surface area (Å²) in [6.45, 7) is 4.16. The van der Waals surface area contributed by atoms with Crippen molar-refractivity contribution in [2.75, 3.05) is 19.6 Å². The molecule has 3 heteroatoms. The first-order valence-corrected chi connectivity index (χ1v) is 7.30. The molecule has 1 unspecified atom stereocenters. The van der Waals surface area contributed by atoms with Gasteiger partial charge in [0.2, 0.25) is 0 Å². The molecule has 2 heterocycles. The molecule has 0 amide bonds. The van der Waals surface area contributed by atoms with Crippen LogP contribution in [-0.4, -0.2) is 35.6 Å². The molecule has 1 aromatic heterocycles. The number of benzene rings is 1. The van der Waals surface area contributed by atoms with Crippen molar-refractivity contribution in [3.63, 3.8) is 0 Å². The van der Waals surface area contributed by atoms with E-state index in [1.165, 1.54) is 5.56 Å². The predicted molar refractivity (Wildman–Crippen MR) is 81.5 cm³/mol. The summed E-state index contributed by atoms with van der Waals surface area (Å²) in [6.07, 6.45) is 2.98. The second-order valence-electron chi connectivity index (χ2n) is 5.34. The van der Waals surface area contributed by atoms with Crippen LogP contribution in [0.1, 0.15) is 11.3 Å². The minimum atomic E-state index is 0.549. The number of aromatic nitrogens is 1. The molecule has 1 aliphatic heterocycles. The average molecular weight is 267 g/mol. The zero-order chi connectivity index (χ0) is 13.6. The Morgan fingerprint density at radius 3 is 2.75 bits per heavy atom. The second kappa shape index (κ2) is 6.64. The van der Waals surface area contributed by atoms with Crippen LogP contribution in [0.5, 0.6) is 0 Å². The van der Waals surface area contributed by atoms with E-state index in [1.54, 1.807) is 0 Å². The fourth-order valence-electron chi connectivity index (χ4n) is 2.80. The summed E-state index contributed by atoms with van der Waals surface area (Å²) in [5, 5.41) is 3.51. The molecule has 1 saturated heterocycles. The Balaban J connectivity index is 1.68. The van der Waals surface area contributed by atoms with Crippen molar-refractivity contribution in [3.05, 3.63) is 66.0 Å². The first-order chi connectivity index (χ1) is 9.92. The molecule has 0 saturated carbocycles. The summed E-state index contributed by atoms with van der Waals surface area (Å²) in [4.78, 5) is 7.00. The van der Waals surface area contributed by atoms with Crippen molar-refractivity contribution in [3.8, 4) is 0 Å². The van der Waals surface area contributed by atoms with Gasteiger partial charge >= 0.3 is 0 Å². The number of pyridine rings is 1. The fraction of sp³-hybridized carbons (Fsp3) is 0.353. The highest BCUT2D eigenvalue weighted by atomic mass is 15.2. The summed E-state index contributed by atoms with van der Waals surface area (Å²) in [7, 11) is 0. The lowest BCUT2D eigenvalue weighted by atomic mass is 10.0. The van der Waals surface area contributed by atoms with Gasteiger partial charge in [-0.2, -0.15) is 0 Å². The maximum atomic E-state index is 4.45. The van der Waals surface area contributed by atoms with Crippen LogP contribution < -0.4 is 5.32 Å². The summed E-state index contributed by atoms with van der Waals surface area (Å²) in [5.41, 5.74) is 2.57. The molecular formula is C17H21N3. The molecule has 104 valence electrons. The molecule has 1 aromatic carbocycles. The molecule has 1 fully saturated rings. The molecule has 1 atom stereocenters. The van der Waals surface area contributed by atoms with Gasteiger partial charge in [-0.05, 0) is 24.1 Å². The van der Waals surface area contributed by atoms with E-state index in [9.17, 15) is 0 Å². The van der Waals surface area contributed by atoms with Crippen LogP contribution >= 0.6 is 0 Å². The maximum Gasteiger partial charge on any atom is 0.0544 e. The van der Waals surface area contributed by atoms with Gasteiger partial charge in [0.1, 0.15) is 0 Å². The minimum Gasteiger partial charge on any atom is -0.314 e. The summed E-state index contributed by atoms with van der Waals surface area (Å²) in [6, 6.07) is 17.5. The number of hydrogen-bond acceptors (Lipinski definition) is 3. The lowest BCUT2D eigenvalue weighted by Gasteiger charge is -2.36. The lowest BCUT2D eigenvalue weighted by molar-refractivity contribution is 0.150. The second-order valence-corrected chi connectivity index (χ2v) is 5.34. The normalized spacial score (nSPS) is 19.9. The van der Waals surface area contributed by atoms with Gasteiger partial charge in [-0.3, -0.25) is 9.88 Å². The van der Waals surface area contributed by atoms with Crippen molar-refractivity contribution in [2.45, 2.75) is 19.0 Å². The zero-order valence-corrected chi connectivity index (χ0v) is 11.7. The van der Waals surface area contributed by atoms with Crippen LogP contribution in [0.25, 0.3) is 0 Å². The van der Waals surface area contributed by atoms with Crippen LogP contribution in [0.2, 0.25) is 0 Å². The lowest BCUT2D eigenvalue weighted by Crippen LogP contribution is -2.51. The van der Waals surface area contributed by atoms with Gasteiger partial charge in [0, 0.05) is 38.4 Å². The van der Waals surface area contributed by atoms with E-state index in [0.29, 0.717) is 6.04 Å². The van der Waals surface area contributed by atoms with E-state index in [4.69, 9.17) is 0 Å². The van der Waals surface area contributed by atoms with Gasteiger partial charge in [-0.1, -0.05) is 36.4 Å². The van der Waals surface area contributed by atoms with Gasteiger partial charge < -0.3 is 5.32 Å². The Morgan fingerprint density at radius 1 is 1.10 bits per heavy atom. The van der Waals surface area contributed by atoms with Gasteiger partial charge in [-0.15, -0.1) is 0 Å². The quantitative estimate of drug-likeness (QED) is 0.919. The Morgan fingerprint density at radius 2 is 1.95 bits per heavy atom. The van der Waals surface area contributed by atoms with E-state index < -0.39 is 0 Å². The van der Waals surface area contributed by atoms with Crippen molar-refractivity contribution in [2.24, 2.45) is 0 Å². The first-order valence-electron chi connectivity index (χ1n) is 7.30. The number of nitrogens with one attached hydrogen (secondary N) is 1. The molecule has 1 N–H and O–H groups in total. The molecule has 20 heavy (non-hydrogen) atoms. The molecule has 1 aliphatic rings. The fourth-order valence-corrected chi connectivity index (χ4v) is 2.80. The van der Waals surface area contributed by atoms with Gasteiger partial charge in [0.15, 0.2) is 0 Å². The number of rotatable bonds is 4. The van der Waals surface area contributed by atoms with Gasteiger partial charge in [0.25, 0.3) is 0 Å². The molecule has 2 aromatic rings. The molecular weight excluding hydrogens is 246 g/mol. The molecule has 0 radical (unpaired) electrons. The Bertz CT molecular complexity index is 463. The Hall–Kier alpha value is -1.71. The summed E-state index contributed by atoms with van der Waals surface area (Å²) in [5.74, 6) is 0. The highest BCUT2D eigenvalue weighted by molar-refractivity contribution is 5.16. The number of piperazine rings is 1. The third kappa shape index (κ3) is 3.44. The molecule has 3 rings (SSSR count). The van der Waals surface area contributed by atoms with Gasteiger partial charge in [-0.25, -0.2) is 0 Å². The Kier molecular flexibility index (Phi) is 4.41. The van der Waals surface area contributed by atoms with Crippen LogP contribution in [0, 0.1) is 0 Å². The highest BCUT2D eigenvalue weighted by Crippen LogP contribution is 2.13. The van der Waals surface area contributed by atoms with E-state index in [2.05, 4.69) is 57.7 Å². The van der Waals surface area contributed by atoms with Crippen molar-refractivity contribution in [1.29, 1.82) is 0 Å². The van der Waals surface area contributed by atoms with Crippen LogP contribution in [-0.2, 0) is 13.0 Å². The average Bonchev–Trinajstić information content (AvgIpc) is 2.51. The predicted octanol–water partition coefficient (Wildman–Crippen LogP) is 2.10. The van der Waals surface area contributed by atoms with Crippen molar-refractivity contribution in [1.82, 2.24) is 15.2 Å². The van der Waals surface area contributed by atoms with Gasteiger partial charge in [0.05, 0.1) is 5.69 Å². The summed E-state index contributed by atoms with van der Waals surface area (Å²) >= 11 is 0. The van der Waals surface area contributed by atoms with Crippen LogP contribution in [0.15, 0.2) is 54.7 Å². The third-order valence-corrected chi connectivity index (χ3v) is 3.88. The number of nitrogens with zero attached hydrogens (tertiary/aromatic N) is 2. The van der Waals surface area contributed by atoms with Crippen LogP contribution in [0.3, 0.4) is 0 Å². The van der Waals surface area contributed by atoms with Crippen molar-refractivity contribution >= 4 is 0 Å². The largest absolute Gasteiger partial charge is 0.314 e. The smallest absolute Gasteiger partial charge is 0.0544 e. The zero-order valence-electron chi connectivity index (χ0n) is 11.7. The van der Waals surface area contributed by atoms with E-state index in [0.717, 1.165) is 38.3 Å². The maximum absolute atomic E-state index is 4.45.